The summed E-state index contributed by atoms with van der Waals surface area (Å²) >= 11 is 0. The van der Waals surface area contributed by atoms with Crippen LogP contribution in [0, 0.1) is 0 Å². The number of amides is 1. The third-order valence-corrected chi connectivity index (χ3v) is 3.16. The maximum absolute atomic E-state index is 11.7. The number of nitrogens with one attached hydrogen (secondary N) is 2. The number of rotatable bonds is 7. The highest BCUT2D eigenvalue weighted by Crippen LogP contribution is 2.07. The zero-order valence-electron chi connectivity index (χ0n) is 14.6. The molecule has 0 aliphatic carbocycles. The molecule has 1 amide bonds. The average Bonchev–Trinajstić information content (AvgIpc) is 2.86. The summed E-state index contributed by atoms with van der Waals surface area (Å²) in [4.78, 5) is 11.7. The van der Waals surface area contributed by atoms with Crippen molar-refractivity contribution in [2.45, 2.75) is 72.2 Å². The van der Waals surface area contributed by atoms with E-state index in [2.05, 4.69) is 36.5 Å². The van der Waals surface area contributed by atoms with E-state index in [0.717, 1.165) is 18.5 Å². The predicted octanol–water partition coefficient (Wildman–Crippen LogP) is 2.86. The van der Waals surface area contributed by atoms with E-state index in [1.807, 2.05) is 37.8 Å². The highest BCUT2D eigenvalue weighted by Gasteiger charge is 2.17. The van der Waals surface area contributed by atoms with E-state index >= 15 is 0 Å². The first-order valence-corrected chi connectivity index (χ1v) is 7.94. The maximum Gasteiger partial charge on any atom is 0.407 e. The molecule has 0 bridgehead atoms. The fourth-order valence-corrected chi connectivity index (χ4v) is 1.89. The number of ether oxygens (including phenoxy) is 1. The van der Waals surface area contributed by atoms with Crippen LogP contribution in [-0.2, 0) is 11.3 Å². The number of hydrogen-bond donors (Lipinski definition) is 2. The van der Waals surface area contributed by atoms with Gasteiger partial charge in [-0.05, 0) is 41.0 Å². The fourth-order valence-electron chi connectivity index (χ4n) is 1.89. The van der Waals surface area contributed by atoms with Crippen LogP contribution in [0.25, 0.3) is 0 Å². The molecule has 2 N–H and O–H groups in total. The van der Waals surface area contributed by atoms with Crippen molar-refractivity contribution >= 4 is 6.09 Å². The molecule has 1 atom stereocenters. The van der Waals surface area contributed by atoms with Gasteiger partial charge in [-0.15, -0.1) is 0 Å². The molecule has 0 saturated carbocycles. The van der Waals surface area contributed by atoms with Gasteiger partial charge in [-0.3, -0.25) is 4.68 Å². The van der Waals surface area contributed by atoms with E-state index in [4.69, 9.17) is 4.74 Å². The molecule has 126 valence electrons. The normalized spacial score (nSPS) is 13.2. The van der Waals surface area contributed by atoms with Crippen molar-refractivity contribution in [3.63, 3.8) is 0 Å². The Balaban J connectivity index is 2.37. The SMILES string of the molecule is CCC(CNC(=O)OC(C)(C)C)NCc1cnn(C(C)C)c1. The lowest BCUT2D eigenvalue weighted by atomic mass is 10.2. The fraction of sp³-hybridized carbons (Fsp3) is 0.750. The van der Waals surface area contributed by atoms with E-state index in [-0.39, 0.29) is 12.1 Å². The first kappa shape index (κ1) is 18.5. The van der Waals surface area contributed by atoms with Crippen LogP contribution in [0.1, 0.15) is 59.6 Å². The van der Waals surface area contributed by atoms with Gasteiger partial charge in [0.1, 0.15) is 5.60 Å². The summed E-state index contributed by atoms with van der Waals surface area (Å²) < 4.78 is 7.18. The molecule has 1 aromatic heterocycles. The second-order valence-corrected chi connectivity index (χ2v) is 6.79. The molecular weight excluding hydrogens is 280 g/mol. The Morgan fingerprint density at radius 3 is 2.59 bits per heavy atom. The Hall–Kier alpha value is -1.56. The van der Waals surface area contributed by atoms with Gasteiger partial charge in [-0.2, -0.15) is 5.10 Å². The van der Waals surface area contributed by atoms with Gasteiger partial charge in [0, 0.05) is 36.9 Å². The van der Waals surface area contributed by atoms with Crippen LogP contribution >= 0.6 is 0 Å². The van der Waals surface area contributed by atoms with Gasteiger partial charge in [0.15, 0.2) is 0 Å². The summed E-state index contributed by atoms with van der Waals surface area (Å²) in [5.74, 6) is 0. The molecule has 0 aliphatic rings. The molecule has 1 heterocycles. The molecule has 6 heteroatoms. The van der Waals surface area contributed by atoms with Crippen LogP contribution in [0.4, 0.5) is 4.79 Å². The molecule has 0 spiro atoms. The molecule has 0 radical (unpaired) electrons. The molecule has 0 aromatic carbocycles. The molecule has 22 heavy (non-hydrogen) atoms. The smallest absolute Gasteiger partial charge is 0.407 e. The van der Waals surface area contributed by atoms with Gasteiger partial charge in [-0.1, -0.05) is 6.92 Å². The predicted molar refractivity (Wildman–Crippen MR) is 87.8 cm³/mol. The van der Waals surface area contributed by atoms with Gasteiger partial charge in [-0.25, -0.2) is 4.79 Å². The first-order valence-electron chi connectivity index (χ1n) is 7.94. The lowest BCUT2D eigenvalue weighted by molar-refractivity contribution is 0.0522. The highest BCUT2D eigenvalue weighted by molar-refractivity contribution is 5.67. The molecule has 0 fully saturated rings. The molecule has 0 aliphatic heterocycles. The molecule has 1 aromatic rings. The third-order valence-electron chi connectivity index (χ3n) is 3.16. The largest absolute Gasteiger partial charge is 0.444 e. The number of aromatic nitrogens is 2. The van der Waals surface area contributed by atoms with Crippen LogP contribution in [0.15, 0.2) is 12.4 Å². The highest BCUT2D eigenvalue weighted by atomic mass is 16.6. The Morgan fingerprint density at radius 2 is 2.09 bits per heavy atom. The Kier molecular flexibility index (Phi) is 6.87. The number of hydrogen-bond acceptors (Lipinski definition) is 4. The zero-order chi connectivity index (χ0) is 16.8. The van der Waals surface area contributed by atoms with Gasteiger partial charge in [0.05, 0.1) is 6.20 Å². The van der Waals surface area contributed by atoms with Crippen molar-refractivity contribution in [2.24, 2.45) is 0 Å². The van der Waals surface area contributed by atoms with E-state index < -0.39 is 5.60 Å². The van der Waals surface area contributed by atoms with Gasteiger partial charge in [0.2, 0.25) is 0 Å². The third kappa shape index (κ3) is 6.93. The summed E-state index contributed by atoms with van der Waals surface area (Å²) in [5, 5.41) is 10.6. The van der Waals surface area contributed by atoms with Crippen molar-refractivity contribution in [3.8, 4) is 0 Å². The van der Waals surface area contributed by atoms with Gasteiger partial charge < -0.3 is 15.4 Å². The second-order valence-electron chi connectivity index (χ2n) is 6.79. The minimum atomic E-state index is -0.468. The zero-order valence-corrected chi connectivity index (χ0v) is 14.6. The van der Waals surface area contributed by atoms with E-state index in [1.54, 1.807) is 0 Å². The van der Waals surface area contributed by atoms with Crippen molar-refractivity contribution in [2.75, 3.05) is 6.54 Å². The minimum absolute atomic E-state index is 0.204. The van der Waals surface area contributed by atoms with Crippen LogP contribution < -0.4 is 10.6 Å². The summed E-state index contributed by atoms with van der Waals surface area (Å²) in [6.07, 6.45) is 4.47. The van der Waals surface area contributed by atoms with Crippen molar-refractivity contribution in [1.82, 2.24) is 20.4 Å². The first-order chi connectivity index (χ1) is 10.2. The van der Waals surface area contributed by atoms with Crippen LogP contribution in [-0.4, -0.2) is 34.1 Å². The van der Waals surface area contributed by atoms with Crippen molar-refractivity contribution < 1.29 is 9.53 Å². The van der Waals surface area contributed by atoms with Crippen LogP contribution in [0.2, 0.25) is 0 Å². The monoisotopic (exact) mass is 310 g/mol. The molecule has 1 rings (SSSR count). The van der Waals surface area contributed by atoms with Crippen LogP contribution in [0.3, 0.4) is 0 Å². The molecule has 0 saturated heterocycles. The Morgan fingerprint density at radius 1 is 1.41 bits per heavy atom. The summed E-state index contributed by atoms with van der Waals surface area (Å²) in [6.45, 7) is 13.1. The number of nitrogens with zero attached hydrogens (tertiary/aromatic N) is 2. The molecule has 1 unspecified atom stereocenters. The standard InChI is InChI=1S/C16H30N4O2/c1-7-14(10-18-15(21)22-16(4,5)6)17-8-13-9-19-20(11-13)12(2)3/h9,11-12,14,17H,7-8,10H2,1-6H3,(H,18,21). The van der Waals surface area contributed by atoms with Gasteiger partial charge in [0.25, 0.3) is 0 Å². The van der Waals surface area contributed by atoms with Crippen molar-refractivity contribution in [3.05, 3.63) is 18.0 Å². The summed E-state index contributed by atoms with van der Waals surface area (Å²) in [7, 11) is 0. The summed E-state index contributed by atoms with van der Waals surface area (Å²) in [5.41, 5.74) is 0.675. The average molecular weight is 310 g/mol. The number of carbonyl (C=O) groups excluding carboxylic acids is 1. The topological polar surface area (TPSA) is 68.2 Å². The molecular formula is C16H30N4O2. The summed E-state index contributed by atoms with van der Waals surface area (Å²) in [6, 6.07) is 0.569. The van der Waals surface area contributed by atoms with E-state index in [1.165, 1.54) is 0 Å². The van der Waals surface area contributed by atoms with Gasteiger partial charge >= 0.3 is 6.09 Å². The van der Waals surface area contributed by atoms with Crippen molar-refractivity contribution in [1.29, 1.82) is 0 Å². The second kappa shape index (κ2) is 8.17. The molecule has 6 nitrogen and oxygen atoms in total. The number of carbonyl (C=O) groups is 1. The number of alkyl carbamates (subject to hydrolysis) is 1. The quantitative estimate of drug-likeness (QED) is 0.812. The van der Waals surface area contributed by atoms with E-state index in [0.29, 0.717) is 12.6 Å². The van der Waals surface area contributed by atoms with Crippen LogP contribution in [0.5, 0.6) is 0 Å². The Bertz CT molecular complexity index is 463. The lowest BCUT2D eigenvalue weighted by Gasteiger charge is -2.22. The van der Waals surface area contributed by atoms with E-state index in [9.17, 15) is 4.79 Å². The lowest BCUT2D eigenvalue weighted by Crippen LogP contribution is -2.42. The maximum atomic E-state index is 11.7. The minimum Gasteiger partial charge on any atom is -0.444 e. The Labute approximate surface area is 133 Å².